The van der Waals surface area contributed by atoms with Crippen molar-refractivity contribution < 1.29 is 14.3 Å². The number of hydrogen-bond donors (Lipinski definition) is 1. The maximum atomic E-state index is 11.7. The van der Waals surface area contributed by atoms with E-state index >= 15 is 0 Å². The monoisotopic (exact) mass is 235 g/mol. The number of carbonyl (C=O) groups is 2. The van der Waals surface area contributed by atoms with E-state index in [1.165, 1.54) is 0 Å². The number of nitrogens with two attached hydrogens (primary N) is 1. The van der Waals surface area contributed by atoms with E-state index < -0.39 is 11.6 Å². The molecule has 0 aliphatic carbocycles. The largest absolute Gasteiger partial charge is 0.456 e. The van der Waals surface area contributed by atoms with E-state index in [-0.39, 0.29) is 5.97 Å². The van der Waals surface area contributed by atoms with Crippen molar-refractivity contribution in [1.29, 1.82) is 0 Å². The molecule has 0 aromatic heterocycles. The highest BCUT2D eigenvalue weighted by atomic mass is 16.6. The van der Waals surface area contributed by atoms with Crippen molar-refractivity contribution in [3.05, 3.63) is 35.4 Å². The fourth-order valence-corrected chi connectivity index (χ4v) is 1.26. The average Bonchev–Trinajstić information content (AvgIpc) is 2.26. The van der Waals surface area contributed by atoms with Crippen LogP contribution >= 0.6 is 0 Å². The summed E-state index contributed by atoms with van der Waals surface area (Å²) in [7, 11) is 0. The van der Waals surface area contributed by atoms with E-state index in [0.717, 1.165) is 0 Å². The molecule has 0 heterocycles. The van der Waals surface area contributed by atoms with Gasteiger partial charge in [0.15, 0.2) is 0 Å². The molecule has 2 N–H and O–H groups in total. The van der Waals surface area contributed by atoms with Gasteiger partial charge < -0.3 is 15.3 Å². The first kappa shape index (κ1) is 13.4. The minimum absolute atomic E-state index is 0.385. The molecule has 1 aromatic carbocycles. The maximum absolute atomic E-state index is 11.7. The molecule has 0 radical (unpaired) electrons. The summed E-state index contributed by atoms with van der Waals surface area (Å²) >= 11 is 0. The zero-order valence-corrected chi connectivity index (χ0v) is 10.3. The van der Waals surface area contributed by atoms with E-state index in [4.69, 9.17) is 10.5 Å². The van der Waals surface area contributed by atoms with Crippen LogP contribution in [0.2, 0.25) is 0 Å². The van der Waals surface area contributed by atoms with E-state index in [2.05, 4.69) is 0 Å². The van der Waals surface area contributed by atoms with Gasteiger partial charge in [0.25, 0.3) is 0 Å². The van der Waals surface area contributed by atoms with Gasteiger partial charge in [-0.1, -0.05) is 12.1 Å². The van der Waals surface area contributed by atoms with Crippen LogP contribution in [0.25, 0.3) is 0 Å². The van der Waals surface area contributed by atoms with Crippen molar-refractivity contribution in [3.8, 4) is 0 Å². The standard InChI is InChI=1S/C13H17NO3/c1-13(2,3)17-12(16)10-6-4-9(5-7-10)11(14)8-15/h4-8,11H,14H2,1-3H3/t11-/m1/s1. The third kappa shape index (κ3) is 4.00. The van der Waals surface area contributed by atoms with Gasteiger partial charge in [-0.2, -0.15) is 0 Å². The van der Waals surface area contributed by atoms with Crippen molar-refractivity contribution >= 4 is 12.3 Å². The number of esters is 1. The predicted octanol–water partition coefficient (Wildman–Crippen LogP) is 1.84. The second kappa shape index (κ2) is 5.10. The molecule has 4 nitrogen and oxygen atoms in total. The summed E-state index contributed by atoms with van der Waals surface area (Å²) in [6.45, 7) is 5.42. The molecule has 0 fully saturated rings. The van der Waals surface area contributed by atoms with Gasteiger partial charge in [0.05, 0.1) is 11.6 Å². The number of aldehydes is 1. The number of benzene rings is 1. The second-order valence-electron chi connectivity index (χ2n) is 4.79. The lowest BCUT2D eigenvalue weighted by atomic mass is 10.1. The summed E-state index contributed by atoms with van der Waals surface area (Å²) < 4.78 is 5.21. The van der Waals surface area contributed by atoms with Crippen LogP contribution in [0.5, 0.6) is 0 Å². The number of hydrogen-bond acceptors (Lipinski definition) is 4. The fourth-order valence-electron chi connectivity index (χ4n) is 1.26. The molecular weight excluding hydrogens is 218 g/mol. The fraction of sp³-hybridized carbons (Fsp3) is 0.385. The summed E-state index contributed by atoms with van der Waals surface area (Å²) in [5.74, 6) is -0.385. The molecule has 0 unspecified atom stereocenters. The van der Waals surface area contributed by atoms with Crippen molar-refractivity contribution in [2.24, 2.45) is 5.73 Å². The topological polar surface area (TPSA) is 69.4 Å². The van der Waals surface area contributed by atoms with Crippen molar-refractivity contribution in [2.75, 3.05) is 0 Å². The molecule has 0 spiro atoms. The van der Waals surface area contributed by atoms with Crippen molar-refractivity contribution in [1.82, 2.24) is 0 Å². The summed E-state index contributed by atoms with van der Waals surface area (Å²) in [4.78, 5) is 22.2. The first-order chi connectivity index (χ1) is 7.83. The summed E-state index contributed by atoms with van der Waals surface area (Å²) in [6.07, 6.45) is 0.655. The van der Waals surface area contributed by atoms with Crippen LogP contribution in [0.1, 0.15) is 42.7 Å². The Morgan fingerprint density at radius 2 is 1.82 bits per heavy atom. The second-order valence-corrected chi connectivity index (χ2v) is 4.79. The molecule has 1 aromatic rings. The zero-order valence-electron chi connectivity index (χ0n) is 10.3. The lowest BCUT2D eigenvalue weighted by molar-refractivity contribution is -0.109. The lowest BCUT2D eigenvalue weighted by Gasteiger charge is -2.19. The van der Waals surface area contributed by atoms with Gasteiger partial charge >= 0.3 is 5.97 Å². The summed E-state index contributed by atoms with van der Waals surface area (Å²) in [6, 6.07) is 5.86. The Morgan fingerprint density at radius 1 is 1.29 bits per heavy atom. The van der Waals surface area contributed by atoms with Gasteiger partial charge in [0.2, 0.25) is 0 Å². The van der Waals surface area contributed by atoms with Gasteiger partial charge in [0.1, 0.15) is 11.9 Å². The van der Waals surface area contributed by atoms with Gasteiger partial charge in [-0.05, 0) is 38.5 Å². The Hall–Kier alpha value is -1.68. The average molecular weight is 235 g/mol. The first-order valence-corrected chi connectivity index (χ1v) is 5.37. The highest BCUT2D eigenvalue weighted by Gasteiger charge is 2.17. The van der Waals surface area contributed by atoms with Gasteiger partial charge in [-0.15, -0.1) is 0 Å². The van der Waals surface area contributed by atoms with Crippen LogP contribution < -0.4 is 5.73 Å². The third-order valence-electron chi connectivity index (χ3n) is 2.08. The number of ether oxygens (including phenoxy) is 1. The van der Waals surface area contributed by atoms with Crippen LogP contribution in [-0.2, 0) is 9.53 Å². The van der Waals surface area contributed by atoms with Crippen molar-refractivity contribution in [3.63, 3.8) is 0 Å². The molecular formula is C13H17NO3. The van der Waals surface area contributed by atoms with Gasteiger partial charge in [0, 0.05) is 0 Å². The van der Waals surface area contributed by atoms with Crippen LogP contribution in [0.3, 0.4) is 0 Å². The SMILES string of the molecule is CC(C)(C)OC(=O)c1ccc([C@H](N)C=O)cc1. The Labute approximate surface area is 101 Å². The van der Waals surface area contributed by atoms with Crippen LogP contribution in [0.15, 0.2) is 24.3 Å². The molecule has 92 valence electrons. The third-order valence-corrected chi connectivity index (χ3v) is 2.08. The van der Waals surface area contributed by atoms with Crippen LogP contribution in [0.4, 0.5) is 0 Å². The lowest BCUT2D eigenvalue weighted by Crippen LogP contribution is -2.23. The van der Waals surface area contributed by atoms with E-state index in [1.54, 1.807) is 24.3 Å². The normalized spacial score (nSPS) is 12.9. The van der Waals surface area contributed by atoms with Gasteiger partial charge in [-0.3, -0.25) is 0 Å². The quantitative estimate of drug-likeness (QED) is 0.641. The molecule has 0 aliphatic heterocycles. The molecule has 0 bridgehead atoms. The first-order valence-electron chi connectivity index (χ1n) is 5.37. The van der Waals surface area contributed by atoms with Crippen LogP contribution in [-0.4, -0.2) is 17.9 Å². The Kier molecular flexibility index (Phi) is 4.02. The Morgan fingerprint density at radius 3 is 2.24 bits per heavy atom. The minimum atomic E-state index is -0.650. The molecule has 0 aliphatic rings. The van der Waals surface area contributed by atoms with Crippen molar-refractivity contribution in [2.45, 2.75) is 32.4 Å². The smallest absolute Gasteiger partial charge is 0.338 e. The molecule has 1 rings (SSSR count). The molecule has 0 amide bonds. The maximum Gasteiger partial charge on any atom is 0.338 e. The Balaban J connectivity index is 2.81. The number of carbonyl (C=O) groups excluding carboxylic acids is 2. The molecule has 1 atom stereocenters. The van der Waals surface area contributed by atoms with E-state index in [9.17, 15) is 9.59 Å². The zero-order chi connectivity index (χ0) is 13.1. The molecule has 4 heteroatoms. The minimum Gasteiger partial charge on any atom is -0.456 e. The number of rotatable bonds is 3. The summed E-state index contributed by atoms with van der Waals surface area (Å²) in [5.41, 5.74) is 6.14. The Bertz CT molecular complexity index is 404. The van der Waals surface area contributed by atoms with E-state index in [1.807, 2.05) is 20.8 Å². The van der Waals surface area contributed by atoms with Crippen LogP contribution in [0, 0.1) is 0 Å². The van der Waals surface area contributed by atoms with E-state index in [0.29, 0.717) is 17.4 Å². The van der Waals surface area contributed by atoms with Gasteiger partial charge in [-0.25, -0.2) is 4.79 Å². The highest BCUT2D eigenvalue weighted by molar-refractivity contribution is 5.89. The highest BCUT2D eigenvalue weighted by Crippen LogP contribution is 2.14. The summed E-state index contributed by atoms with van der Waals surface area (Å²) in [5, 5.41) is 0. The molecule has 0 saturated heterocycles. The molecule has 17 heavy (non-hydrogen) atoms. The predicted molar refractivity (Wildman–Crippen MR) is 64.6 cm³/mol. The molecule has 0 saturated carbocycles.